The summed E-state index contributed by atoms with van der Waals surface area (Å²) >= 11 is 0. The molecule has 5 fully saturated rings. The van der Waals surface area contributed by atoms with Crippen molar-refractivity contribution in [2.45, 2.75) is 209 Å². The molecule has 3 N–H and O–H groups in total. The van der Waals surface area contributed by atoms with E-state index in [1.54, 1.807) is 39.8 Å². The van der Waals surface area contributed by atoms with Gasteiger partial charge in [-0.2, -0.15) is 26.3 Å². The Morgan fingerprint density at radius 1 is 0.664 bits per heavy atom. The average Bonchev–Trinajstić information content (AvgIpc) is 1.60. The zero-order chi connectivity index (χ0) is 79.1. The number of rotatable bonds is 12. The van der Waals surface area contributed by atoms with E-state index in [0.29, 0.717) is 50.7 Å². The van der Waals surface area contributed by atoms with Gasteiger partial charge in [-0.25, -0.2) is 8.78 Å². The standard InChI is InChI=1S/C75H102F8N12O12/c1-12-44(4)62-70(105)89(7)42-60(98)90(8)53-22-15-14-18-33-94(69(53)104)57(38-46-25-28-49(29-26-46)74(78,79)80)68(103)88(6)41-58(96)84-52(30-27-47-35-50(76)61(51(77)36-47)75(81,82)83)66(101)95-40-43(3)34-55(95)65(100)86-73(31-19-32-73)72(107)93(11)63(48-20-16-17-21-48)71(106)92(10)56(67(102)87(5)13-2)39-59(97)91(9)54(64(99)85-62)37-45-23-24-45/h14-15,25-26,28-29,35-36,43-45,48,52-57,62-63H,12-13,16-24,27,30-34,37-42H2,1-11H3,(H,84,96)(H,85,99)(H,86,100)/b15-14-/t43-,44-,52-,53-,54-,55-,56-,57-,62-,63-/m0/s1. The van der Waals surface area contributed by atoms with Crippen LogP contribution in [-0.4, -0.2) is 251 Å². The van der Waals surface area contributed by atoms with E-state index >= 15 is 37.5 Å². The van der Waals surface area contributed by atoms with Crippen LogP contribution in [0.3, 0.4) is 0 Å². The second-order valence-electron chi connectivity index (χ2n) is 30.2. The van der Waals surface area contributed by atoms with Crippen LogP contribution in [0.4, 0.5) is 35.1 Å². The zero-order valence-corrected chi connectivity index (χ0v) is 62.8. The van der Waals surface area contributed by atoms with Crippen LogP contribution in [0.25, 0.3) is 0 Å². The van der Waals surface area contributed by atoms with Gasteiger partial charge < -0.3 is 60.0 Å². The zero-order valence-electron chi connectivity index (χ0n) is 62.8. The molecule has 8 rings (SSSR count). The summed E-state index contributed by atoms with van der Waals surface area (Å²) in [6, 6.07) is -6.89. The van der Waals surface area contributed by atoms with Crippen molar-refractivity contribution in [2.75, 3.05) is 82.1 Å². The molecule has 6 aliphatic rings. The molecule has 3 aliphatic carbocycles. The number of aryl methyl sites for hydroxylation is 1. The van der Waals surface area contributed by atoms with E-state index in [2.05, 4.69) is 16.0 Å². The Morgan fingerprint density at radius 2 is 1.29 bits per heavy atom. The normalized spacial score (nSPS) is 26.9. The first-order chi connectivity index (χ1) is 50.2. The van der Waals surface area contributed by atoms with Gasteiger partial charge in [-0.05, 0) is 137 Å². The van der Waals surface area contributed by atoms with Crippen LogP contribution in [0.1, 0.15) is 153 Å². The number of nitrogens with one attached hydrogen (secondary N) is 3. The molecule has 2 aromatic rings. The third-order valence-electron chi connectivity index (χ3n) is 22.5. The maximum Gasteiger partial charge on any atom is 0.422 e. The summed E-state index contributed by atoms with van der Waals surface area (Å²) in [5, 5.41) is 8.34. The van der Waals surface area contributed by atoms with Crippen molar-refractivity contribution in [3.05, 3.63) is 82.4 Å². The third-order valence-corrected chi connectivity index (χ3v) is 22.5. The number of carbonyl (C=O) groups is 12. The quantitative estimate of drug-likeness (QED) is 0.160. The molecule has 10 atom stereocenters. The smallest absolute Gasteiger partial charge is 0.344 e. The topological polar surface area (TPSA) is 270 Å². The van der Waals surface area contributed by atoms with E-state index in [4.69, 9.17) is 0 Å². The minimum atomic E-state index is -5.44. The summed E-state index contributed by atoms with van der Waals surface area (Å²) in [7, 11) is 9.44. The van der Waals surface area contributed by atoms with Crippen molar-refractivity contribution in [3.8, 4) is 0 Å². The van der Waals surface area contributed by atoms with Crippen molar-refractivity contribution in [3.63, 3.8) is 0 Å². The molecule has 12 amide bonds. The first kappa shape index (κ1) is 83.9. The lowest BCUT2D eigenvalue weighted by Gasteiger charge is -2.46. The van der Waals surface area contributed by atoms with E-state index in [1.165, 1.54) is 57.0 Å². The highest BCUT2D eigenvalue weighted by atomic mass is 19.4. The Morgan fingerprint density at radius 3 is 1.86 bits per heavy atom. The Bertz CT molecular complexity index is 3650. The van der Waals surface area contributed by atoms with Crippen LogP contribution in [-0.2, 0) is 82.7 Å². The Balaban J connectivity index is 1.21. The van der Waals surface area contributed by atoms with E-state index in [0.717, 1.165) is 73.6 Å². The lowest BCUT2D eigenvalue weighted by molar-refractivity contribution is -0.158. The molecule has 2 saturated heterocycles. The molecule has 1 spiro atoms. The predicted octanol–water partition coefficient (Wildman–Crippen LogP) is 6.11. The van der Waals surface area contributed by atoms with Crippen LogP contribution >= 0.6 is 0 Å². The minimum Gasteiger partial charge on any atom is -0.344 e. The number of nitrogens with zero attached hydrogens (tertiary/aromatic N) is 9. The molecule has 3 saturated carbocycles. The molecule has 3 heterocycles. The van der Waals surface area contributed by atoms with Gasteiger partial charge in [0.15, 0.2) is 0 Å². The van der Waals surface area contributed by atoms with Gasteiger partial charge in [0, 0.05) is 75.4 Å². The summed E-state index contributed by atoms with van der Waals surface area (Å²) in [4.78, 5) is 191. The number of likely N-dealkylation sites (N-methyl/N-ethyl adjacent to an activating group) is 7. The number of benzene rings is 2. The van der Waals surface area contributed by atoms with Gasteiger partial charge in [-0.1, -0.05) is 77.2 Å². The molecular weight excluding hydrogens is 1410 g/mol. The van der Waals surface area contributed by atoms with Gasteiger partial charge in [0.05, 0.1) is 25.1 Å². The fourth-order valence-corrected chi connectivity index (χ4v) is 15.3. The fourth-order valence-electron chi connectivity index (χ4n) is 15.3. The van der Waals surface area contributed by atoms with Gasteiger partial charge in [-0.15, -0.1) is 0 Å². The van der Waals surface area contributed by atoms with Gasteiger partial charge in [0.1, 0.15) is 71.1 Å². The second-order valence-corrected chi connectivity index (χ2v) is 30.2. The molecule has 24 nitrogen and oxygen atoms in total. The lowest BCUT2D eigenvalue weighted by Crippen LogP contribution is -2.68. The molecule has 107 heavy (non-hydrogen) atoms. The van der Waals surface area contributed by atoms with Crippen LogP contribution in [0.5, 0.6) is 0 Å². The SMILES string of the molecule is CC[C@H](C)[C@@H]1NC(=O)[C@H](CC2CC2)N(C)C(=O)C[C@@H](C(=O)N(C)CC)N(C)C(=O)[C@H](C2CCCC2)N(C)C(=O)C2(CCC2)NC(=O)[C@@H]2C[C@H](C)CN2C(=O)[C@H](CCc2cc(F)c(C(F)(F)F)c(F)c2)NC(=O)CN(C)C(=O)[C@H](Cc2ccc(C(F)(F)F)cc2)N2CC/C=C\C[C@@H](C2=O)N(C)C(=O)CN(C)C1=O. The van der Waals surface area contributed by atoms with Crippen molar-refractivity contribution in [1.29, 1.82) is 0 Å². The highest BCUT2D eigenvalue weighted by Crippen LogP contribution is 2.40. The third kappa shape index (κ3) is 19.8. The largest absolute Gasteiger partial charge is 0.422 e. The summed E-state index contributed by atoms with van der Waals surface area (Å²) in [5.41, 5.74) is -5.15. The predicted molar refractivity (Wildman–Crippen MR) is 375 cm³/mol. The number of hydrogen-bond acceptors (Lipinski definition) is 12. The maximum atomic E-state index is 15.5. The van der Waals surface area contributed by atoms with Gasteiger partial charge in [-0.3, -0.25) is 57.5 Å². The van der Waals surface area contributed by atoms with E-state index < -0.39 is 216 Å². The summed E-state index contributed by atoms with van der Waals surface area (Å²) in [6.45, 7) is 5.05. The van der Waals surface area contributed by atoms with Crippen LogP contribution in [0.2, 0.25) is 0 Å². The number of carbonyl (C=O) groups excluding carboxylic acids is 12. The number of amides is 12. The van der Waals surface area contributed by atoms with Crippen LogP contribution in [0, 0.1) is 35.3 Å². The number of alkyl halides is 6. The summed E-state index contributed by atoms with van der Waals surface area (Å²) in [5.74, 6) is -15.1. The maximum absolute atomic E-state index is 15.5. The first-order valence-corrected chi connectivity index (χ1v) is 36.9. The van der Waals surface area contributed by atoms with Gasteiger partial charge in [0.2, 0.25) is 70.9 Å². The second kappa shape index (κ2) is 35.1. The van der Waals surface area contributed by atoms with Crippen LogP contribution in [0.15, 0.2) is 48.6 Å². The number of halogens is 8. The van der Waals surface area contributed by atoms with Gasteiger partial charge in [0.25, 0.3) is 0 Å². The van der Waals surface area contributed by atoms with Crippen molar-refractivity contribution in [2.24, 2.45) is 23.7 Å². The minimum absolute atomic E-state index is 0.000314. The Kier molecular flexibility index (Phi) is 27.5. The Hall–Kier alpha value is -8.74. The van der Waals surface area contributed by atoms with E-state index in [9.17, 15) is 55.1 Å². The van der Waals surface area contributed by atoms with Crippen molar-refractivity contribution in [1.82, 2.24) is 60.0 Å². The highest BCUT2D eigenvalue weighted by molar-refractivity contribution is 6.01. The average molecular weight is 1520 g/mol. The molecule has 0 unspecified atom stereocenters. The molecule has 2 bridgehead atoms. The monoisotopic (exact) mass is 1510 g/mol. The Labute approximate surface area is 619 Å². The number of fused-ring (bicyclic) bond motifs is 3. The molecule has 32 heteroatoms. The van der Waals surface area contributed by atoms with E-state index in [1.807, 2.05) is 0 Å². The molecule has 3 aliphatic heterocycles. The van der Waals surface area contributed by atoms with Gasteiger partial charge >= 0.3 is 12.4 Å². The highest BCUT2D eigenvalue weighted by Gasteiger charge is 2.54. The molecular formula is C75H102F8N12O12. The van der Waals surface area contributed by atoms with Crippen molar-refractivity contribution >= 4 is 70.9 Å². The summed E-state index contributed by atoms with van der Waals surface area (Å²) < 4.78 is 114. The van der Waals surface area contributed by atoms with Crippen molar-refractivity contribution < 1.29 is 92.7 Å². The number of hydrogen-bond donors (Lipinski definition) is 3. The molecule has 2 aromatic carbocycles. The van der Waals surface area contributed by atoms with Crippen LogP contribution < -0.4 is 16.0 Å². The lowest BCUT2D eigenvalue weighted by atomic mass is 9.74. The van der Waals surface area contributed by atoms with E-state index in [-0.39, 0.29) is 75.2 Å². The fraction of sp³-hybridized carbons (Fsp3) is 0.653. The molecule has 590 valence electrons. The summed E-state index contributed by atoms with van der Waals surface area (Å²) in [6.07, 6.45) is -4.42. The first-order valence-electron chi connectivity index (χ1n) is 36.9. The molecule has 0 aromatic heterocycles. The molecule has 0 radical (unpaired) electrons.